The number of amides is 1. The third kappa shape index (κ3) is 2.71. The molecule has 0 saturated heterocycles. The van der Waals surface area contributed by atoms with Crippen molar-refractivity contribution in [3.05, 3.63) is 50.4 Å². The predicted octanol–water partition coefficient (Wildman–Crippen LogP) is 4.26. The summed E-state index contributed by atoms with van der Waals surface area (Å²) in [5.74, 6) is 1.18. The number of halogens is 2. The molecule has 1 aliphatic heterocycles. The van der Waals surface area contributed by atoms with Crippen molar-refractivity contribution in [1.29, 1.82) is 0 Å². The van der Waals surface area contributed by atoms with Gasteiger partial charge in [-0.1, -0.05) is 22.0 Å². The molecular weight excluding hydrogens is 400 g/mol. The molecule has 0 aliphatic carbocycles. The van der Waals surface area contributed by atoms with Gasteiger partial charge in [-0.25, -0.2) is 0 Å². The fourth-order valence-electron chi connectivity index (χ4n) is 2.17. The Balaban J connectivity index is 1.99. The SMILES string of the molecule is Cc1ccc(Br)cc1Oc1cc2c(cc1Br)C(N)C(=O)N2. The number of nitrogens with two attached hydrogens (primary N) is 1. The normalized spacial score (nSPS) is 16.6. The second-order valence-corrected chi connectivity index (χ2v) is 6.62. The van der Waals surface area contributed by atoms with Crippen molar-refractivity contribution in [2.75, 3.05) is 5.32 Å². The molecule has 21 heavy (non-hydrogen) atoms. The molecule has 0 aromatic heterocycles. The summed E-state index contributed by atoms with van der Waals surface area (Å²) < 4.78 is 7.64. The van der Waals surface area contributed by atoms with Crippen LogP contribution in [-0.2, 0) is 4.79 Å². The zero-order valence-electron chi connectivity index (χ0n) is 11.1. The van der Waals surface area contributed by atoms with Crippen LogP contribution < -0.4 is 15.8 Å². The first kappa shape index (κ1) is 14.6. The molecule has 0 radical (unpaired) electrons. The van der Waals surface area contributed by atoms with Crippen molar-refractivity contribution in [3.63, 3.8) is 0 Å². The van der Waals surface area contributed by atoms with Crippen LogP contribution in [0.4, 0.5) is 5.69 Å². The molecule has 0 saturated carbocycles. The number of anilines is 1. The number of fused-ring (bicyclic) bond motifs is 1. The van der Waals surface area contributed by atoms with Crippen LogP contribution in [0.2, 0.25) is 0 Å². The molecule has 108 valence electrons. The summed E-state index contributed by atoms with van der Waals surface area (Å²) >= 11 is 6.89. The molecule has 6 heteroatoms. The topological polar surface area (TPSA) is 64.3 Å². The van der Waals surface area contributed by atoms with Crippen molar-refractivity contribution >= 4 is 43.5 Å². The molecule has 1 heterocycles. The van der Waals surface area contributed by atoms with Gasteiger partial charge in [0, 0.05) is 21.8 Å². The highest BCUT2D eigenvalue weighted by Crippen LogP contribution is 2.40. The highest BCUT2D eigenvalue weighted by Gasteiger charge is 2.28. The first-order chi connectivity index (χ1) is 9.95. The fraction of sp³-hybridized carbons (Fsp3) is 0.133. The van der Waals surface area contributed by atoms with Gasteiger partial charge in [0.05, 0.1) is 4.47 Å². The minimum absolute atomic E-state index is 0.201. The largest absolute Gasteiger partial charge is 0.456 e. The van der Waals surface area contributed by atoms with Gasteiger partial charge in [0.1, 0.15) is 17.5 Å². The average molecular weight is 412 g/mol. The van der Waals surface area contributed by atoms with Crippen molar-refractivity contribution in [2.45, 2.75) is 13.0 Å². The fourth-order valence-corrected chi connectivity index (χ4v) is 2.95. The lowest BCUT2D eigenvalue weighted by molar-refractivity contribution is -0.116. The van der Waals surface area contributed by atoms with E-state index < -0.39 is 6.04 Å². The van der Waals surface area contributed by atoms with Crippen LogP contribution in [0.1, 0.15) is 17.2 Å². The van der Waals surface area contributed by atoms with Crippen LogP contribution in [0.15, 0.2) is 39.3 Å². The van der Waals surface area contributed by atoms with Gasteiger partial charge in [-0.15, -0.1) is 0 Å². The van der Waals surface area contributed by atoms with E-state index in [4.69, 9.17) is 10.5 Å². The number of hydrogen-bond donors (Lipinski definition) is 2. The zero-order chi connectivity index (χ0) is 15.1. The van der Waals surface area contributed by atoms with E-state index in [9.17, 15) is 4.79 Å². The summed E-state index contributed by atoms with van der Waals surface area (Å²) in [7, 11) is 0. The Morgan fingerprint density at radius 2 is 1.95 bits per heavy atom. The Kier molecular flexibility index (Phi) is 3.77. The number of ether oxygens (including phenoxy) is 1. The Morgan fingerprint density at radius 1 is 1.19 bits per heavy atom. The van der Waals surface area contributed by atoms with Crippen LogP contribution in [0, 0.1) is 6.92 Å². The molecule has 0 bridgehead atoms. The number of hydrogen-bond acceptors (Lipinski definition) is 3. The third-order valence-corrected chi connectivity index (χ3v) is 4.46. The Hall–Kier alpha value is -1.37. The van der Waals surface area contributed by atoms with E-state index in [0.29, 0.717) is 11.4 Å². The van der Waals surface area contributed by atoms with Crippen LogP contribution in [0.3, 0.4) is 0 Å². The minimum atomic E-state index is -0.627. The molecular formula is C15H12Br2N2O2. The number of carbonyl (C=O) groups excluding carboxylic acids is 1. The number of carbonyl (C=O) groups is 1. The number of benzene rings is 2. The Bertz CT molecular complexity index is 747. The van der Waals surface area contributed by atoms with Gasteiger partial charge in [0.2, 0.25) is 5.91 Å². The summed E-state index contributed by atoms with van der Waals surface area (Å²) in [6.07, 6.45) is 0. The molecule has 2 aromatic carbocycles. The highest BCUT2D eigenvalue weighted by molar-refractivity contribution is 9.10. The van der Waals surface area contributed by atoms with Gasteiger partial charge in [-0.2, -0.15) is 0 Å². The van der Waals surface area contributed by atoms with Gasteiger partial charge in [-0.3, -0.25) is 4.79 Å². The van der Waals surface area contributed by atoms with Gasteiger partial charge in [0.25, 0.3) is 0 Å². The van der Waals surface area contributed by atoms with Gasteiger partial charge >= 0.3 is 0 Å². The van der Waals surface area contributed by atoms with Crippen molar-refractivity contribution in [1.82, 2.24) is 0 Å². The lowest BCUT2D eigenvalue weighted by Crippen LogP contribution is -2.19. The second kappa shape index (κ2) is 5.44. The lowest BCUT2D eigenvalue weighted by atomic mass is 10.1. The molecule has 3 N–H and O–H groups in total. The standard InChI is InChI=1S/C15H12Br2N2O2/c1-7-2-3-8(16)4-12(7)21-13-6-11-9(5-10(13)17)14(18)15(20)19-11/h2-6,14H,18H2,1H3,(H,19,20). The van der Waals surface area contributed by atoms with Crippen LogP contribution in [-0.4, -0.2) is 5.91 Å². The third-order valence-electron chi connectivity index (χ3n) is 3.35. The summed E-state index contributed by atoms with van der Waals surface area (Å²) in [4.78, 5) is 11.6. The van der Waals surface area contributed by atoms with Crippen LogP contribution in [0.5, 0.6) is 11.5 Å². The molecule has 1 aliphatic rings. The van der Waals surface area contributed by atoms with Gasteiger partial charge in [-0.05, 0) is 46.6 Å². The Morgan fingerprint density at radius 3 is 2.71 bits per heavy atom. The maximum Gasteiger partial charge on any atom is 0.245 e. The molecule has 4 nitrogen and oxygen atoms in total. The number of rotatable bonds is 2. The second-order valence-electron chi connectivity index (χ2n) is 4.85. The molecule has 0 spiro atoms. The maximum absolute atomic E-state index is 11.6. The lowest BCUT2D eigenvalue weighted by Gasteiger charge is -2.12. The average Bonchev–Trinajstić information content (AvgIpc) is 2.70. The first-order valence-electron chi connectivity index (χ1n) is 6.29. The van der Waals surface area contributed by atoms with E-state index in [-0.39, 0.29) is 5.91 Å². The van der Waals surface area contributed by atoms with E-state index in [0.717, 1.165) is 25.8 Å². The molecule has 1 amide bonds. The van der Waals surface area contributed by atoms with Crippen LogP contribution in [0.25, 0.3) is 0 Å². The first-order valence-corrected chi connectivity index (χ1v) is 7.88. The molecule has 0 fully saturated rings. The minimum Gasteiger partial charge on any atom is -0.456 e. The van der Waals surface area contributed by atoms with E-state index in [2.05, 4.69) is 37.2 Å². The molecule has 1 unspecified atom stereocenters. The summed E-state index contributed by atoms with van der Waals surface area (Å²) in [5.41, 5.74) is 8.31. The van der Waals surface area contributed by atoms with E-state index >= 15 is 0 Å². The monoisotopic (exact) mass is 410 g/mol. The smallest absolute Gasteiger partial charge is 0.245 e. The summed E-state index contributed by atoms with van der Waals surface area (Å²) in [5, 5.41) is 2.75. The summed E-state index contributed by atoms with van der Waals surface area (Å²) in [6, 6.07) is 8.81. The van der Waals surface area contributed by atoms with Gasteiger partial charge < -0.3 is 15.8 Å². The van der Waals surface area contributed by atoms with Crippen LogP contribution >= 0.6 is 31.9 Å². The zero-order valence-corrected chi connectivity index (χ0v) is 14.3. The van der Waals surface area contributed by atoms with E-state index in [1.54, 1.807) is 6.07 Å². The number of nitrogens with one attached hydrogen (secondary N) is 1. The Labute approximate surface area is 138 Å². The predicted molar refractivity (Wildman–Crippen MR) is 88.7 cm³/mol. The quantitative estimate of drug-likeness (QED) is 0.775. The van der Waals surface area contributed by atoms with Crippen molar-refractivity contribution < 1.29 is 9.53 Å². The van der Waals surface area contributed by atoms with E-state index in [1.807, 2.05) is 31.2 Å². The van der Waals surface area contributed by atoms with Crippen molar-refractivity contribution in [2.24, 2.45) is 5.73 Å². The maximum atomic E-state index is 11.6. The highest BCUT2D eigenvalue weighted by atomic mass is 79.9. The van der Waals surface area contributed by atoms with Gasteiger partial charge in [0.15, 0.2) is 0 Å². The van der Waals surface area contributed by atoms with E-state index in [1.165, 1.54) is 0 Å². The van der Waals surface area contributed by atoms with Crippen molar-refractivity contribution in [3.8, 4) is 11.5 Å². The number of aryl methyl sites for hydroxylation is 1. The molecule has 3 rings (SSSR count). The molecule has 1 atom stereocenters. The summed E-state index contributed by atoms with van der Waals surface area (Å²) in [6.45, 7) is 1.97. The molecule has 2 aromatic rings.